The van der Waals surface area contributed by atoms with E-state index in [0.29, 0.717) is 6.04 Å². The lowest BCUT2D eigenvalue weighted by molar-refractivity contribution is 0.148. The Morgan fingerprint density at radius 1 is 1.38 bits per heavy atom. The Hall–Kier alpha value is -0.770. The molecule has 1 heterocycles. The Morgan fingerprint density at radius 2 is 2.00 bits per heavy atom. The third kappa shape index (κ3) is 4.00. The molecule has 0 spiro atoms. The van der Waals surface area contributed by atoms with E-state index in [1.807, 2.05) is 4.90 Å². The van der Waals surface area contributed by atoms with Gasteiger partial charge in [0.15, 0.2) is 0 Å². The predicted molar refractivity (Wildman–Crippen MR) is 66.6 cm³/mol. The number of carbonyl (C=O) groups excluding carboxylic acids is 1. The van der Waals surface area contributed by atoms with Crippen molar-refractivity contribution in [1.29, 1.82) is 0 Å². The highest BCUT2D eigenvalue weighted by atomic mass is 16.2. The summed E-state index contributed by atoms with van der Waals surface area (Å²) in [5.74, 6) is 0. The molecule has 0 saturated carbocycles. The second kappa shape index (κ2) is 6.74. The first kappa shape index (κ1) is 13.3. The highest BCUT2D eigenvalue weighted by Gasteiger charge is 2.23. The van der Waals surface area contributed by atoms with Gasteiger partial charge >= 0.3 is 6.03 Å². The van der Waals surface area contributed by atoms with Crippen LogP contribution < -0.4 is 5.32 Å². The summed E-state index contributed by atoms with van der Waals surface area (Å²) in [5, 5.41) is 2.97. The summed E-state index contributed by atoms with van der Waals surface area (Å²) in [7, 11) is 4.23. The van der Waals surface area contributed by atoms with Crippen LogP contribution in [0.4, 0.5) is 4.79 Å². The van der Waals surface area contributed by atoms with E-state index in [2.05, 4.69) is 31.2 Å². The lowest BCUT2D eigenvalue weighted by atomic mass is 10.0. The summed E-state index contributed by atoms with van der Waals surface area (Å²) >= 11 is 0. The van der Waals surface area contributed by atoms with E-state index < -0.39 is 0 Å². The fraction of sp³-hybridized carbons (Fsp3) is 0.917. The first-order chi connectivity index (χ1) is 7.65. The van der Waals surface area contributed by atoms with Crippen molar-refractivity contribution in [3.63, 3.8) is 0 Å². The molecule has 0 aromatic carbocycles. The van der Waals surface area contributed by atoms with Gasteiger partial charge in [0.2, 0.25) is 0 Å². The largest absolute Gasteiger partial charge is 0.338 e. The Labute approximate surface area is 99.0 Å². The van der Waals surface area contributed by atoms with E-state index >= 15 is 0 Å². The molecule has 1 saturated heterocycles. The van der Waals surface area contributed by atoms with Crippen molar-refractivity contribution in [2.45, 2.75) is 38.6 Å². The Kier molecular flexibility index (Phi) is 5.60. The molecule has 0 aromatic heterocycles. The molecular formula is C12H25N3O. The highest BCUT2D eigenvalue weighted by molar-refractivity contribution is 5.74. The molecule has 0 unspecified atom stereocenters. The van der Waals surface area contributed by atoms with Crippen molar-refractivity contribution < 1.29 is 4.79 Å². The second-order valence-electron chi connectivity index (χ2n) is 4.77. The summed E-state index contributed by atoms with van der Waals surface area (Å²) in [6.07, 6.45) is 4.38. The lowest BCUT2D eigenvalue weighted by Crippen LogP contribution is -2.48. The van der Waals surface area contributed by atoms with Gasteiger partial charge in [-0.05, 0) is 33.4 Å². The predicted octanol–water partition coefficient (Wildman–Crippen LogP) is 1.52. The zero-order valence-electron chi connectivity index (χ0n) is 10.8. The van der Waals surface area contributed by atoms with E-state index in [9.17, 15) is 4.79 Å². The van der Waals surface area contributed by atoms with Crippen molar-refractivity contribution in [1.82, 2.24) is 15.1 Å². The van der Waals surface area contributed by atoms with Gasteiger partial charge in [-0.2, -0.15) is 0 Å². The van der Waals surface area contributed by atoms with E-state index in [0.717, 1.165) is 45.3 Å². The molecular weight excluding hydrogens is 202 g/mol. The molecule has 0 aliphatic carbocycles. The number of rotatable bonds is 4. The lowest BCUT2D eigenvalue weighted by Gasteiger charge is -2.35. The molecule has 16 heavy (non-hydrogen) atoms. The number of nitrogens with one attached hydrogen (secondary N) is 1. The van der Waals surface area contributed by atoms with Crippen LogP contribution in [0.1, 0.15) is 32.6 Å². The molecule has 4 nitrogen and oxygen atoms in total. The maximum atomic E-state index is 11.8. The van der Waals surface area contributed by atoms with Gasteiger partial charge in [0.05, 0.1) is 0 Å². The minimum Gasteiger partial charge on any atom is -0.338 e. The molecule has 0 bridgehead atoms. The molecule has 1 aliphatic rings. The van der Waals surface area contributed by atoms with Gasteiger partial charge in [0, 0.05) is 25.7 Å². The Bertz CT molecular complexity index is 210. The fourth-order valence-corrected chi connectivity index (χ4v) is 2.07. The van der Waals surface area contributed by atoms with Crippen LogP contribution in [0.15, 0.2) is 0 Å². The minimum atomic E-state index is 0.116. The van der Waals surface area contributed by atoms with E-state index in [1.54, 1.807) is 0 Å². The number of piperidine rings is 1. The smallest absolute Gasteiger partial charge is 0.317 e. The SMILES string of the molecule is CCCCNC(=O)N1CCC(N(C)C)CC1. The van der Waals surface area contributed by atoms with Gasteiger partial charge in [0.1, 0.15) is 0 Å². The number of hydrogen-bond acceptors (Lipinski definition) is 2. The van der Waals surface area contributed by atoms with Gasteiger partial charge in [-0.1, -0.05) is 13.3 Å². The molecule has 0 aromatic rings. The van der Waals surface area contributed by atoms with Crippen molar-refractivity contribution >= 4 is 6.03 Å². The van der Waals surface area contributed by atoms with Crippen molar-refractivity contribution in [2.24, 2.45) is 0 Å². The highest BCUT2D eigenvalue weighted by Crippen LogP contribution is 2.13. The van der Waals surface area contributed by atoms with Crippen molar-refractivity contribution in [2.75, 3.05) is 33.7 Å². The number of urea groups is 1. The molecule has 1 aliphatic heterocycles. The summed E-state index contributed by atoms with van der Waals surface area (Å²) in [4.78, 5) is 15.9. The Balaban J connectivity index is 2.22. The van der Waals surface area contributed by atoms with E-state index in [-0.39, 0.29) is 6.03 Å². The molecule has 94 valence electrons. The maximum absolute atomic E-state index is 11.8. The first-order valence-corrected chi connectivity index (χ1v) is 6.34. The van der Waals surface area contributed by atoms with Crippen LogP contribution in [0.2, 0.25) is 0 Å². The number of likely N-dealkylation sites (tertiary alicyclic amines) is 1. The number of nitrogens with zero attached hydrogens (tertiary/aromatic N) is 2. The zero-order chi connectivity index (χ0) is 12.0. The quantitative estimate of drug-likeness (QED) is 0.739. The van der Waals surface area contributed by atoms with Crippen LogP contribution in [0.5, 0.6) is 0 Å². The Morgan fingerprint density at radius 3 is 2.50 bits per heavy atom. The summed E-state index contributed by atoms with van der Waals surface area (Å²) in [6.45, 7) is 4.72. The monoisotopic (exact) mass is 227 g/mol. The van der Waals surface area contributed by atoms with Crippen molar-refractivity contribution in [3.8, 4) is 0 Å². The van der Waals surface area contributed by atoms with Crippen LogP contribution in [0, 0.1) is 0 Å². The first-order valence-electron chi connectivity index (χ1n) is 6.34. The van der Waals surface area contributed by atoms with Crippen LogP contribution in [-0.2, 0) is 0 Å². The molecule has 1 fully saturated rings. The van der Waals surface area contributed by atoms with Gasteiger partial charge in [-0.15, -0.1) is 0 Å². The average Bonchev–Trinajstić information content (AvgIpc) is 2.29. The standard InChI is InChI=1S/C12H25N3O/c1-4-5-8-13-12(16)15-9-6-11(7-10-15)14(2)3/h11H,4-10H2,1-3H3,(H,13,16). The molecule has 0 radical (unpaired) electrons. The summed E-state index contributed by atoms with van der Waals surface area (Å²) in [5.41, 5.74) is 0. The second-order valence-corrected chi connectivity index (χ2v) is 4.77. The normalized spacial score (nSPS) is 17.9. The van der Waals surface area contributed by atoms with Crippen LogP contribution in [-0.4, -0.2) is 55.6 Å². The fourth-order valence-electron chi connectivity index (χ4n) is 2.07. The topological polar surface area (TPSA) is 35.6 Å². The average molecular weight is 227 g/mol. The van der Waals surface area contributed by atoms with Crippen molar-refractivity contribution in [3.05, 3.63) is 0 Å². The van der Waals surface area contributed by atoms with Gasteiger partial charge < -0.3 is 15.1 Å². The van der Waals surface area contributed by atoms with E-state index in [1.165, 1.54) is 0 Å². The number of hydrogen-bond donors (Lipinski definition) is 1. The summed E-state index contributed by atoms with van der Waals surface area (Å²) in [6, 6.07) is 0.755. The molecule has 1 rings (SSSR count). The number of unbranched alkanes of at least 4 members (excludes halogenated alkanes) is 1. The minimum absolute atomic E-state index is 0.116. The van der Waals surface area contributed by atoms with Crippen LogP contribution in [0.25, 0.3) is 0 Å². The maximum Gasteiger partial charge on any atom is 0.317 e. The van der Waals surface area contributed by atoms with E-state index in [4.69, 9.17) is 0 Å². The van der Waals surface area contributed by atoms with Gasteiger partial charge in [0.25, 0.3) is 0 Å². The summed E-state index contributed by atoms with van der Waals surface area (Å²) < 4.78 is 0. The molecule has 0 atom stereocenters. The van der Waals surface area contributed by atoms with Gasteiger partial charge in [-0.25, -0.2) is 4.79 Å². The number of amides is 2. The molecule has 2 amide bonds. The third-order valence-corrected chi connectivity index (χ3v) is 3.29. The zero-order valence-corrected chi connectivity index (χ0v) is 10.8. The molecule has 1 N–H and O–H groups in total. The molecule has 4 heteroatoms. The van der Waals surface area contributed by atoms with Crippen LogP contribution in [0.3, 0.4) is 0 Å². The van der Waals surface area contributed by atoms with Gasteiger partial charge in [-0.3, -0.25) is 0 Å². The number of carbonyl (C=O) groups is 1. The van der Waals surface area contributed by atoms with Crippen LogP contribution >= 0.6 is 0 Å². The third-order valence-electron chi connectivity index (χ3n) is 3.29.